The summed E-state index contributed by atoms with van der Waals surface area (Å²) in [5.41, 5.74) is 7.29. The minimum atomic E-state index is -4.18. The molecule has 242 valence electrons. The van der Waals surface area contributed by atoms with Gasteiger partial charge in [-0.05, 0) is 88.5 Å². The average Bonchev–Trinajstić information content (AvgIpc) is 3.02. The zero-order chi connectivity index (χ0) is 34.2. The summed E-state index contributed by atoms with van der Waals surface area (Å²) in [4.78, 5) is 26.3. The summed E-state index contributed by atoms with van der Waals surface area (Å²) in [6.45, 7) is 8.16. The van der Waals surface area contributed by atoms with Gasteiger partial charge in [-0.3, -0.25) is 14.1 Å². The van der Waals surface area contributed by atoms with Crippen molar-refractivity contribution in [3.05, 3.63) is 130 Å². The van der Waals surface area contributed by atoms with Crippen molar-refractivity contribution in [3.63, 3.8) is 0 Å². The fourth-order valence-corrected chi connectivity index (χ4v) is 5.35. The third-order valence-electron chi connectivity index (χ3n) is 7.55. The van der Waals surface area contributed by atoms with E-state index in [1.165, 1.54) is 0 Å². The van der Waals surface area contributed by atoms with E-state index >= 15 is 0 Å². The standard InChI is InChI=1S/C38H39N3O5S/c1-26-23-33(17-18-34(26)30-13-9-29(25-39)10-14-30)41-37(43)35(31-11-5-27(6-12-31)19-20-38(2,3)4)24-28-7-15-32(16-8-28)36(42)40-21-22-47(44,45)46/h5-20,23,35H,21-22,24H2,1-4H3,(H,40,42)(H,41,43)(H,44,45,46). The van der Waals surface area contributed by atoms with Crippen molar-refractivity contribution in [1.29, 1.82) is 5.26 Å². The molecule has 0 heterocycles. The second-order valence-electron chi connectivity index (χ2n) is 12.6. The van der Waals surface area contributed by atoms with E-state index in [0.29, 0.717) is 23.2 Å². The van der Waals surface area contributed by atoms with Crippen LogP contribution in [0.25, 0.3) is 17.2 Å². The van der Waals surface area contributed by atoms with E-state index in [0.717, 1.165) is 33.4 Å². The van der Waals surface area contributed by atoms with Gasteiger partial charge in [-0.1, -0.05) is 87.5 Å². The average molecular weight is 650 g/mol. The van der Waals surface area contributed by atoms with Crippen LogP contribution < -0.4 is 10.6 Å². The van der Waals surface area contributed by atoms with Crippen LogP contribution in [-0.4, -0.2) is 37.1 Å². The lowest BCUT2D eigenvalue weighted by molar-refractivity contribution is -0.117. The maximum Gasteiger partial charge on any atom is 0.266 e. The number of carbonyl (C=O) groups excluding carboxylic acids is 2. The highest BCUT2D eigenvalue weighted by atomic mass is 32.2. The Hall–Kier alpha value is -5.04. The number of carbonyl (C=O) groups is 2. The lowest BCUT2D eigenvalue weighted by Gasteiger charge is -2.19. The van der Waals surface area contributed by atoms with Crippen molar-refractivity contribution in [2.45, 2.75) is 40.0 Å². The van der Waals surface area contributed by atoms with Gasteiger partial charge in [0.05, 0.1) is 23.3 Å². The highest BCUT2D eigenvalue weighted by Crippen LogP contribution is 2.29. The Balaban J connectivity index is 1.55. The fourth-order valence-electron chi connectivity index (χ4n) is 4.99. The lowest BCUT2D eigenvalue weighted by atomic mass is 9.89. The van der Waals surface area contributed by atoms with E-state index in [1.807, 2.05) is 61.5 Å². The number of hydrogen-bond acceptors (Lipinski definition) is 5. The molecule has 2 amide bonds. The molecular weight excluding hydrogens is 611 g/mol. The first kappa shape index (κ1) is 34.8. The number of nitrogens with zero attached hydrogens (tertiary/aromatic N) is 1. The van der Waals surface area contributed by atoms with Crippen molar-refractivity contribution >= 4 is 33.7 Å². The Morgan fingerprint density at radius 1 is 0.936 bits per heavy atom. The summed E-state index contributed by atoms with van der Waals surface area (Å²) in [6.07, 6.45) is 4.57. The molecule has 4 rings (SSSR count). The summed E-state index contributed by atoms with van der Waals surface area (Å²) in [6, 6.07) is 30.0. The van der Waals surface area contributed by atoms with E-state index in [1.54, 1.807) is 36.4 Å². The van der Waals surface area contributed by atoms with Crippen molar-refractivity contribution in [2.24, 2.45) is 5.41 Å². The number of amides is 2. The molecule has 0 aliphatic heterocycles. The number of benzene rings is 4. The van der Waals surface area contributed by atoms with E-state index in [-0.39, 0.29) is 17.9 Å². The molecule has 4 aromatic carbocycles. The molecule has 9 heteroatoms. The maximum absolute atomic E-state index is 13.9. The van der Waals surface area contributed by atoms with Crippen LogP contribution in [0.5, 0.6) is 0 Å². The van der Waals surface area contributed by atoms with Crippen molar-refractivity contribution in [1.82, 2.24) is 5.32 Å². The normalized spacial score (nSPS) is 12.3. The van der Waals surface area contributed by atoms with Gasteiger partial charge in [-0.25, -0.2) is 0 Å². The van der Waals surface area contributed by atoms with Crippen LogP contribution in [0.1, 0.15) is 64.9 Å². The molecular formula is C38H39N3O5S. The van der Waals surface area contributed by atoms with E-state index in [9.17, 15) is 18.0 Å². The van der Waals surface area contributed by atoms with Crippen molar-refractivity contribution < 1.29 is 22.6 Å². The van der Waals surface area contributed by atoms with Gasteiger partial charge in [-0.2, -0.15) is 13.7 Å². The number of aryl methyl sites for hydroxylation is 1. The van der Waals surface area contributed by atoms with Crippen LogP contribution in [-0.2, 0) is 21.3 Å². The van der Waals surface area contributed by atoms with Crippen LogP contribution >= 0.6 is 0 Å². The molecule has 0 bridgehead atoms. The molecule has 0 aliphatic rings. The van der Waals surface area contributed by atoms with E-state index < -0.39 is 27.7 Å². The Bertz CT molecular complexity index is 1900. The van der Waals surface area contributed by atoms with Crippen LogP contribution in [0.2, 0.25) is 0 Å². The number of rotatable bonds is 11. The molecule has 47 heavy (non-hydrogen) atoms. The van der Waals surface area contributed by atoms with Gasteiger partial charge in [0, 0.05) is 17.8 Å². The SMILES string of the molecule is Cc1cc(NC(=O)C(Cc2ccc(C(=O)NCCS(=O)(=O)O)cc2)c2ccc(C=CC(C)(C)C)cc2)ccc1-c1ccc(C#N)cc1. The number of hydrogen-bond donors (Lipinski definition) is 3. The molecule has 0 fully saturated rings. The number of nitriles is 1. The number of anilines is 1. The second kappa shape index (κ2) is 15.0. The number of allylic oxidation sites excluding steroid dienone is 1. The van der Waals surface area contributed by atoms with Gasteiger partial charge in [-0.15, -0.1) is 0 Å². The van der Waals surface area contributed by atoms with Gasteiger partial charge in [0.2, 0.25) is 5.91 Å². The minimum Gasteiger partial charge on any atom is -0.351 e. The summed E-state index contributed by atoms with van der Waals surface area (Å²) < 4.78 is 30.8. The molecule has 0 saturated heterocycles. The minimum absolute atomic E-state index is 0.0362. The highest BCUT2D eigenvalue weighted by molar-refractivity contribution is 7.85. The Morgan fingerprint density at radius 3 is 2.17 bits per heavy atom. The van der Waals surface area contributed by atoms with Gasteiger partial charge >= 0.3 is 0 Å². The first-order chi connectivity index (χ1) is 22.2. The van der Waals surface area contributed by atoms with Gasteiger partial charge in [0.25, 0.3) is 16.0 Å². The molecule has 4 aromatic rings. The Labute approximate surface area is 276 Å². The van der Waals surface area contributed by atoms with Crippen LogP contribution in [0.15, 0.2) is 97.1 Å². The first-order valence-electron chi connectivity index (χ1n) is 15.2. The van der Waals surface area contributed by atoms with E-state index in [2.05, 4.69) is 49.6 Å². The van der Waals surface area contributed by atoms with Crippen molar-refractivity contribution in [2.75, 3.05) is 17.6 Å². The zero-order valence-corrected chi connectivity index (χ0v) is 27.8. The molecule has 0 radical (unpaired) electrons. The molecule has 1 atom stereocenters. The van der Waals surface area contributed by atoms with Gasteiger partial charge in [0.1, 0.15) is 0 Å². The van der Waals surface area contributed by atoms with E-state index in [4.69, 9.17) is 9.81 Å². The summed E-state index contributed by atoms with van der Waals surface area (Å²) >= 11 is 0. The monoisotopic (exact) mass is 649 g/mol. The third kappa shape index (κ3) is 10.5. The number of nitrogens with one attached hydrogen (secondary N) is 2. The zero-order valence-electron chi connectivity index (χ0n) is 26.9. The quantitative estimate of drug-likeness (QED) is 0.147. The largest absolute Gasteiger partial charge is 0.351 e. The molecule has 0 aromatic heterocycles. The van der Waals surface area contributed by atoms with Crippen LogP contribution in [0, 0.1) is 23.7 Å². The van der Waals surface area contributed by atoms with Crippen LogP contribution in [0.4, 0.5) is 5.69 Å². The summed E-state index contributed by atoms with van der Waals surface area (Å²) in [5.74, 6) is -1.76. The predicted octanol–water partition coefficient (Wildman–Crippen LogP) is 7.18. The Morgan fingerprint density at radius 2 is 1.60 bits per heavy atom. The van der Waals surface area contributed by atoms with Gasteiger partial charge < -0.3 is 10.6 Å². The topological polar surface area (TPSA) is 136 Å². The predicted molar refractivity (Wildman–Crippen MR) is 187 cm³/mol. The summed E-state index contributed by atoms with van der Waals surface area (Å²) in [5, 5.41) is 14.7. The first-order valence-corrected chi connectivity index (χ1v) is 16.9. The van der Waals surface area contributed by atoms with Gasteiger partial charge in [0.15, 0.2) is 0 Å². The van der Waals surface area contributed by atoms with Crippen molar-refractivity contribution in [3.8, 4) is 17.2 Å². The fraction of sp³-hybridized carbons (Fsp3) is 0.237. The molecule has 8 nitrogen and oxygen atoms in total. The molecule has 1 unspecified atom stereocenters. The maximum atomic E-state index is 13.9. The molecule has 0 saturated carbocycles. The molecule has 0 aliphatic carbocycles. The highest BCUT2D eigenvalue weighted by Gasteiger charge is 2.22. The smallest absolute Gasteiger partial charge is 0.266 e. The summed E-state index contributed by atoms with van der Waals surface area (Å²) in [7, 11) is -4.18. The Kier molecular flexibility index (Phi) is 11.1. The third-order valence-corrected chi connectivity index (χ3v) is 8.27. The molecule has 0 spiro atoms. The second-order valence-corrected chi connectivity index (χ2v) is 14.1. The van der Waals surface area contributed by atoms with Crippen LogP contribution in [0.3, 0.4) is 0 Å². The lowest BCUT2D eigenvalue weighted by Crippen LogP contribution is -2.28. The molecule has 3 N–H and O–H groups in total.